The molecule has 0 aliphatic rings. The smallest absolute Gasteiger partial charge is 0.274 e. The summed E-state index contributed by atoms with van der Waals surface area (Å²) in [6, 6.07) is 9.83. The number of aliphatic hydroxyl groups excluding tert-OH is 1. The molecule has 1 N–H and O–H groups in total. The van der Waals surface area contributed by atoms with Gasteiger partial charge in [0.1, 0.15) is 11.1 Å². The minimum absolute atomic E-state index is 0.0109. The zero-order chi connectivity index (χ0) is 21.5. The molecule has 8 nitrogen and oxygen atoms in total. The first kappa shape index (κ1) is 20.3. The van der Waals surface area contributed by atoms with Crippen molar-refractivity contribution in [1.29, 1.82) is 0 Å². The number of fused-ring (bicyclic) bond motifs is 1. The highest BCUT2D eigenvalue weighted by Gasteiger charge is 2.23. The van der Waals surface area contributed by atoms with Gasteiger partial charge in [0.2, 0.25) is 9.84 Å². The number of rotatable bonds is 5. The van der Waals surface area contributed by atoms with Crippen LogP contribution in [-0.4, -0.2) is 33.3 Å². The van der Waals surface area contributed by atoms with Gasteiger partial charge in [-0.05, 0) is 44.2 Å². The van der Waals surface area contributed by atoms with E-state index < -0.39 is 15.9 Å². The number of pyridine rings is 1. The van der Waals surface area contributed by atoms with Crippen molar-refractivity contribution in [3.8, 4) is 0 Å². The van der Waals surface area contributed by atoms with E-state index in [-0.39, 0.29) is 22.0 Å². The second-order valence-corrected chi connectivity index (χ2v) is 9.62. The number of aliphatic hydroxyl groups is 1. The summed E-state index contributed by atoms with van der Waals surface area (Å²) in [5.41, 5.74) is 1.22. The second kappa shape index (κ2) is 7.71. The first-order valence-corrected chi connectivity index (χ1v) is 11.4. The molecule has 0 saturated carbocycles. The highest BCUT2D eigenvalue weighted by Crippen LogP contribution is 2.27. The number of aromatic nitrogens is 4. The van der Waals surface area contributed by atoms with E-state index in [1.165, 1.54) is 41.4 Å². The Kier molecular flexibility index (Phi) is 5.22. The molecular formula is C20H18N4O4S2. The Morgan fingerprint density at radius 3 is 2.70 bits per heavy atom. The number of sulfone groups is 1. The zero-order valence-corrected chi connectivity index (χ0v) is 17.8. The summed E-state index contributed by atoms with van der Waals surface area (Å²) < 4.78 is 27.1. The van der Waals surface area contributed by atoms with E-state index in [0.29, 0.717) is 21.5 Å². The molecule has 4 rings (SSSR count). The molecule has 1 aromatic carbocycles. The fourth-order valence-corrected chi connectivity index (χ4v) is 5.32. The van der Waals surface area contributed by atoms with Crippen molar-refractivity contribution in [3.05, 3.63) is 74.7 Å². The molecule has 0 radical (unpaired) electrons. The molecule has 0 bridgehead atoms. The Labute approximate surface area is 176 Å². The lowest BCUT2D eigenvalue weighted by Gasteiger charge is -2.08. The molecule has 0 aliphatic heterocycles. The van der Waals surface area contributed by atoms with Gasteiger partial charge >= 0.3 is 0 Å². The molecule has 0 spiro atoms. The Morgan fingerprint density at radius 1 is 1.20 bits per heavy atom. The van der Waals surface area contributed by atoms with Crippen molar-refractivity contribution in [2.75, 3.05) is 0 Å². The molecule has 154 valence electrons. The van der Waals surface area contributed by atoms with Crippen molar-refractivity contribution in [2.24, 2.45) is 0 Å². The number of benzene rings is 1. The van der Waals surface area contributed by atoms with Crippen molar-refractivity contribution in [2.45, 2.75) is 36.4 Å². The van der Waals surface area contributed by atoms with Crippen LogP contribution < -0.4 is 5.56 Å². The minimum Gasteiger partial charge on any atom is -0.386 e. The van der Waals surface area contributed by atoms with Gasteiger partial charge in [-0.2, -0.15) is 5.10 Å². The number of hydrogen-bond acceptors (Lipinski definition) is 8. The lowest BCUT2D eigenvalue weighted by molar-refractivity contribution is 0.198. The van der Waals surface area contributed by atoms with Gasteiger partial charge in [-0.3, -0.25) is 9.78 Å². The van der Waals surface area contributed by atoms with Crippen molar-refractivity contribution in [3.63, 3.8) is 0 Å². The molecule has 0 aliphatic carbocycles. The third-order valence-electron chi connectivity index (χ3n) is 4.53. The Morgan fingerprint density at radius 2 is 2.00 bits per heavy atom. The maximum absolute atomic E-state index is 12.9. The highest BCUT2D eigenvalue weighted by molar-refractivity contribution is 7.91. The van der Waals surface area contributed by atoms with Crippen LogP contribution in [-0.2, 0) is 16.4 Å². The minimum atomic E-state index is -3.88. The van der Waals surface area contributed by atoms with E-state index in [9.17, 15) is 18.3 Å². The zero-order valence-electron chi connectivity index (χ0n) is 16.2. The molecule has 4 aromatic rings. The summed E-state index contributed by atoms with van der Waals surface area (Å²) in [6.45, 7) is 3.61. The monoisotopic (exact) mass is 442 g/mol. The summed E-state index contributed by atoms with van der Waals surface area (Å²) in [5, 5.41) is 16.1. The van der Waals surface area contributed by atoms with Crippen LogP contribution in [0.15, 0.2) is 62.7 Å². The molecule has 10 heteroatoms. The van der Waals surface area contributed by atoms with Gasteiger partial charge < -0.3 is 5.11 Å². The van der Waals surface area contributed by atoms with Crippen LogP contribution in [0.25, 0.3) is 10.8 Å². The average molecular weight is 443 g/mol. The predicted octanol–water partition coefficient (Wildman–Crippen LogP) is 2.49. The topological polar surface area (TPSA) is 115 Å². The standard InChI is InChI=1S/C20H18N4O4S2/c1-12-4-3-5-15(22-12)10-24-20(26)17-7-6-16(8-14(17)9-21-24)30(27,28)18-11-29-19(23-18)13(2)25/h3-9,11,13,25H,10H2,1-2H3. The predicted molar refractivity (Wildman–Crippen MR) is 112 cm³/mol. The molecule has 0 fully saturated rings. The molecule has 30 heavy (non-hydrogen) atoms. The van der Waals surface area contributed by atoms with Crippen LogP contribution in [0.5, 0.6) is 0 Å². The molecule has 3 heterocycles. The number of aryl methyl sites for hydroxylation is 1. The third kappa shape index (κ3) is 3.76. The Balaban J connectivity index is 1.72. The molecule has 0 amide bonds. The van der Waals surface area contributed by atoms with Gasteiger partial charge in [0.05, 0.1) is 28.7 Å². The van der Waals surface area contributed by atoms with Crippen molar-refractivity contribution in [1.82, 2.24) is 19.7 Å². The molecule has 1 atom stereocenters. The van der Waals surface area contributed by atoms with Crippen LogP contribution in [0.2, 0.25) is 0 Å². The second-order valence-electron chi connectivity index (χ2n) is 6.83. The van der Waals surface area contributed by atoms with Gasteiger partial charge in [0, 0.05) is 16.5 Å². The first-order valence-electron chi connectivity index (χ1n) is 9.07. The Hall–Kier alpha value is -2.95. The number of nitrogens with zero attached hydrogens (tertiary/aromatic N) is 4. The largest absolute Gasteiger partial charge is 0.386 e. The van der Waals surface area contributed by atoms with Crippen LogP contribution in [0.4, 0.5) is 0 Å². The van der Waals surface area contributed by atoms with Crippen molar-refractivity contribution >= 4 is 31.9 Å². The van der Waals surface area contributed by atoms with E-state index in [1.807, 2.05) is 25.1 Å². The maximum atomic E-state index is 12.9. The maximum Gasteiger partial charge on any atom is 0.274 e. The van der Waals surface area contributed by atoms with E-state index in [4.69, 9.17) is 0 Å². The summed E-state index contributed by atoms with van der Waals surface area (Å²) >= 11 is 1.08. The van der Waals surface area contributed by atoms with Crippen LogP contribution in [0.1, 0.15) is 29.4 Å². The van der Waals surface area contributed by atoms with Gasteiger partial charge in [-0.1, -0.05) is 6.07 Å². The van der Waals surface area contributed by atoms with Crippen molar-refractivity contribution < 1.29 is 13.5 Å². The lowest BCUT2D eigenvalue weighted by Crippen LogP contribution is -2.23. The van der Waals surface area contributed by atoms with Crippen LogP contribution in [0.3, 0.4) is 0 Å². The van der Waals surface area contributed by atoms with Crippen LogP contribution in [0, 0.1) is 6.92 Å². The van der Waals surface area contributed by atoms with E-state index in [1.54, 1.807) is 0 Å². The molecule has 1 unspecified atom stereocenters. The number of thiazole rings is 1. The van der Waals surface area contributed by atoms with Gasteiger partial charge in [-0.15, -0.1) is 11.3 Å². The fourth-order valence-electron chi connectivity index (χ4n) is 2.99. The average Bonchev–Trinajstić information content (AvgIpc) is 3.21. The van der Waals surface area contributed by atoms with E-state index in [0.717, 1.165) is 17.0 Å². The lowest BCUT2D eigenvalue weighted by atomic mass is 10.2. The fraction of sp³-hybridized carbons (Fsp3) is 0.200. The SMILES string of the molecule is Cc1cccc(Cn2ncc3cc(S(=O)(=O)c4csc(C(C)O)n4)ccc3c2=O)n1. The van der Waals surface area contributed by atoms with E-state index >= 15 is 0 Å². The summed E-state index contributed by atoms with van der Waals surface area (Å²) in [5.74, 6) is 0. The normalized spacial score (nSPS) is 12.9. The summed E-state index contributed by atoms with van der Waals surface area (Å²) in [4.78, 5) is 21.2. The van der Waals surface area contributed by atoms with Gasteiger partial charge in [0.15, 0.2) is 5.03 Å². The quantitative estimate of drug-likeness (QED) is 0.505. The molecule has 0 saturated heterocycles. The van der Waals surface area contributed by atoms with Gasteiger partial charge in [0.25, 0.3) is 5.56 Å². The van der Waals surface area contributed by atoms with Gasteiger partial charge in [-0.25, -0.2) is 18.1 Å². The summed E-state index contributed by atoms with van der Waals surface area (Å²) in [6.07, 6.45) is 0.620. The third-order valence-corrected chi connectivity index (χ3v) is 7.32. The van der Waals surface area contributed by atoms with Crippen LogP contribution >= 0.6 is 11.3 Å². The molecule has 3 aromatic heterocycles. The highest BCUT2D eigenvalue weighted by atomic mass is 32.2. The summed E-state index contributed by atoms with van der Waals surface area (Å²) in [7, 11) is -3.88. The Bertz CT molecular complexity index is 1410. The molecular weight excluding hydrogens is 424 g/mol. The van der Waals surface area contributed by atoms with E-state index in [2.05, 4.69) is 15.1 Å². The first-order chi connectivity index (χ1) is 14.3. The number of hydrogen-bond donors (Lipinski definition) is 1.